The number of amides is 2. The first-order valence-corrected chi connectivity index (χ1v) is 12.6. The van der Waals surface area contributed by atoms with E-state index in [-0.39, 0.29) is 23.9 Å². The van der Waals surface area contributed by atoms with Crippen LogP contribution in [0.15, 0.2) is 82.8 Å². The lowest BCUT2D eigenvalue weighted by molar-refractivity contribution is 0.101. The lowest BCUT2D eigenvalue weighted by atomic mass is 10.1. The third-order valence-electron chi connectivity index (χ3n) is 5.54. The zero-order chi connectivity index (χ0) is 27.7. The van der Waals surface area contributed by atoms with Gasteiger partial charge in [-0.05, 0) is 100 Å². The second-order valence-corrected chi connectivity index (χ2v) is 9.38. The molecule has 0 unspecified atom stereocenters. The molecule has 3 aromatic rings. The summed E-state index contributed by atoms with van der Waals surface area (Å²) >= 11 is 0. The maximum Gasteiger partial charge on any atom is 0.255 e. The van der Waals surface area contributed by atoms with Crippen molar-refractivity contribution in [3.8, 4) is 0 Å². The fourth-order valence-corrected chi connectivity index (χ4v) is 3.70. The molecule has 0 aliphatic rings. The number of aliphatic imine (C=N–C) groups is 2. The highest BCUT2D eigenvalue weighted by molar-refractivity contribution is 6.07. The molecule has 2 amide bonds. The van der Waals surface area contributed by atoms with Gasteiger partial charge in [0.05, 0.1) is 0 Å². The van der Waals surface area contributed by atoms with E-state index < -0.39 is 0 Å². The summed E-state index contributed by atoms with van der Waals surface area (Å²) in [5, 5.41) is 12.4. The van der Waals surface area contributed by atoms with Crippen molar-refractivity contribution in [3.63, 3.8) is 0 Å². The lowest BCUT2D eigenvalue weighted by Gasteiger charge is -2.13. The summed E-state index contributed by atoms with van der Waals surface area (Å²) in [7, 11) is 3.48. The van der Waals surface area contributed by atoms with Gasteiger partial charge >= 0.3 is 0 Å². The molecule has 0 saturated carbocycles. The summed E-state index contributed by atoms with van der Waals surface area (Å²) in [5.74, 6) is 1.08. The maximum atomic E-state index is 12.7. The lowest BCUT2D eigenvalue weighted by Crippen LogP contribution is -2.30. The molecule has 0 radical (unpaired) electrons. The van der Waals surface area contributed by atoms with Gasteiger partial charge in [-0.15, -0.1) is 0 Å². The van der Waals surface area contributed by atoms with Gasteiger partial charge in [-0.3, -0.25) is 19.6 Å². The molecule has 3 aromatic carbocycles. The minimum Gasteiger partial charge on any atom is -0.368 e. The van der Waals surface area contributed by atoms with Crippen LogP contribution in [0.5, 0.6) is 0 Å². The van der Waals surface area contributed by atoms with Gasteiger partial charge in [0.1, 0.15) is 11.7 Å². The SMILES string of the molecule is CN=C(NC(C)C)c1ccc(NC(=O)c2ccc(C(=O)Nc3ccc(C(=NC)NC(C)C)cc3)cc2)cc1. The van der Waals surface area contributed by atoms with Crippen LogP contribution in [0.1, 0.15) is 59.5 Å². The molecule has 0 saturated heterocycles. The number of benzene rings is 3. The van der Waals surface area contributed by atoms with Gasteiger partial charge in [0.2, 0.25) is 0 Å². The van der Waals surface area contributed by atoms with Gasteiger partial charge in [0.25, 0.3) is 11.8 Å². The van der Waals surface area contributed by atoms with Crippen molar-refractivity contribution >= 4 is 34.9 Å². The van der Waals surface area contributed by atoms with E-state index in [1.165, 1.54) is 0 Å². The zero-order valence-electron chi connectivity index (χ0n) is 22.8. The molecule has 0 aliphatic heterocycles. The second-order valence-electron chi connectivity index (χ2n) is 9.38. The van der Waals surface area contributed by atoms with Crippen LogP contribution in [0.2, 0.25) is 0 Å². The molecule has 4 N–H and O–H groups in total. The summed E-state index contributed by atoms with van der Waals surface area (Å²) in [5.41, 5.74) is 4.13. The minimum atomic E-state index is -0.256. The van der Waals surface area contributed by atoms with Gasteiger partial charge in [-0.25, -0.2) is 0 Å². The molecule has 0 heterocycles. The quantitative estimate of drug-likeness (QED) is 0.253. The molecule has 38 heavy (non-hydrogen) atoms. The highest BCUT2D eigenvalue weighted by atomic mass is 16.2. The Morgan fingerprint density at radius 2 is 0.816 bits per heavy atom. The normalized spacial score (nSPS) is 11.9. The number of carbonyl (C=O) groups is 2. The predicted octanol–water partition coefficient (Wildman–Crippen LogP) is 4.94. The van der Waals surface area contributed by atoms with Crippen LogP contribution >= 0.6 is 0 Å². The van der Waals surface area contributed by atoms with E-state index >= 15 is 0 Å². The van der Waals surface area contributed by atoms with Crippen LogP contribution in [-0.2, 0) is 0 Å². The van der Waals surface area contributed by atoms with Crippen molar-refractivity contribution in [2.24, 2.45) is 9.98 Å². The molecule has 0 aliphatic carbocycles. The Morgan fingerprint density at radius 1 is 0.526 bits per heavy atom. The summed E-state index contributed by atoms with van der Waals surface area (Å²) in [6, 6.07) is 22.0. The van der Waals surface area contributed by atoms with Crippen molar-refractivity contribution in [1.82, 2.24) is 10.6 Å². The Morgan fingerprint density at radius 3 is 1.08 bits per heavy atom. The van der Waals surface area contributed by atoms with E-state index in [9.17, 15) is 9.59 Å². The zero-order valence-corrected chi connectivity index (χ0v) is 22.8. The number of hydrogen-bond donors (Lipinski definition) is 4. The van der Waals surface area contributed by atoms with Crippen LogP contribution < -0.4 is 21.3 Å². The first-order valence-electron chi connectivity index (χ1n) is 12.6. The highest BCUT2D eigenvalue weighted by Gasteiger charge is 2.11. The number of hydrogen-bond acceptors (Lipinski definition) is 4. The van der Waals surface area contributed by atoms with E-state index in [0.717, 1.165) is 22.8 Å². The number of rotatable bonds is 8. The Labute approximate surface area is 224 Å². The molecule has 0 bridgehead atoms. The van der Waals surface area contributed by atoms with Crippen molar-refractivity contribution < 1.29 is 9.59 Å². The van der Waals surface area contributed by atoms with E-state index in [4.69, 9.17) is 0 Å². The van der Waals surface area contributed by atoms with Gasteiger partial charge in [-0.2, -0.15) is 0 Å². The predicted molar refractivity (Wildman–Crippen MR) is 157 cm³/mol. The summed E-state index contributed by atoms with van der Waals surface area (Å²) in [4.78, 5) is 34.0. The number of carbonyl (C=O) groups excluding carboxylic acids is 2. The first-order chi connectivity index (χ1) is 18.2. The maximum absolute atomic E-state index is 12.7. The average Bonchev–Trinajstić information content (AvgIpc) is 2.91. The van der Waals surface area contributed by atoms with Crippen molar-refractivity contribution in [1.29, 1.82) is 0 Å². The number of anilines is 2. The second kappa shape index (κ2) is 13.2. The Kier molecular flexibility index (Phi) is 9.76. The third kappa shape index (κ3) is 7.77. The van der Waals surface area contributed by atoms with Crippen molar-refractivity contribution in [2.45, 2.75) is 39.8 Å². The Hall–Kier alpha value is -4.46. The van der Waals surface area contributed by atoms with Crippen LogP contribution in [0, 0.1) is 0 Å². The molecule has 0 fully saturated rings. The molecule has 0 spiro atoms. The average molecular weight is 513 g/mol. The summed E-state index contributed by atoms with van der Waals surface area (Å²) in [6.07, 6.45) is 0. The summed E-state index contributed by atoms with van der Waals surface area (Å²) in [6.45, 7) is 8.21. The first kappa shape index (κ1) is 28.1. The number of amidine groups is 2. The molecule has 3 rings (SSSR count). The molecule has 198 valence electrons. The third-order valence-corrected chi connectivity index (χ3v) is 5.54. The standard InChI is InChI=1S/C30H36N6O2/c1-19(2)33-27(31-5)21-11-15-25(16-12-21)35-29(37)23-7-9-24(10-8-23)30(38)36-26-17-13-22(14-18-26)28(32-6)34-20(3)4/h7-20H,1-6H3,(H,31,33)(H,32,34)(H,35,37)(H,36,38). The fourth-order valence-electron chi connectivity index (χ4n) is 3.70. The Bertz CT molecular complexity index is 1190. The molecular weight excluding hydrogens is 476 g/mol. The van der Waals surface area contributed by atoms with E-state index in [1.54, 1.807) is 38.4 Å². The summed E-state index contributed by atoms with van der Waals surface area (Å²) < 4.78 is 0. The van der Waals surface area contributed by atoms with E-state index in [1.807, 2.05) is 48.5 Å². The van der Waals surface area contributed by atoms with Gasteiger partial charge in [0, 0.05) is 59.8 Å². The highest BCUT2D eigenvalue weighted by Crippen LogP contribution is 2.15. The smallest absolute Gasteiger partial charge is 0.255 e. The molecule has 8 nitrogen and oxygen atoms in total. The molecule has 0 aromatic heterocycles. The van der Waals surface area contributed by atoms with Gasteiger partial charge in [-0.1, -0.05) is 0 Å². The topological polar surface area (TPSA) is 107 Å². The Balaban J connectivity index is 1.60. The molecular formula is C30H36N6O2. The van der Waals surface area contributed by atoms with Gasteiger partial charge < -0.3 is 21.3 Å². The largest absolute Gasteiger partial charge is 0.368 e. The molecule has 8 heteroatoms. The number of nitrogens with one attached hydrogen (secondary N) is 4. The van der Waals surface area contributed by atoms with Crippen LogP contribution in [0.25, 0.3) is 0 Å². The fraction of sp³-hybridized carbons (Fsp3) is 0.267. The van der Waals surface area contributed by atoms with Crippen LogP contribution in [-0.4, -0.2) is 49.7 Å². The number of nitrogens with zero attached hydrogens (tertiary/aromatic N) is 2. The minimum absolute atomic E-state index is 0.256. The van der Waals surface area contributed by atoms with Crippen molar-refractivity contribution in [3.05, 3.63) is 95.1 Å². The van der Waals surface area contributed by atoms with Crippen LogP contribution in [0.4, 0.5) is 11.4 Å². The van der Waals surface area contributed by atoms with Crippen LogP contribution in [0.3, 0.4) is 0 Å². The monoisotopic (exact) mass is 512 g/mol. The van der Waals surface area contributed by atoms with Gasteiger partial charge in [0.15, 0.2) is 0 Å². The molecule has 0 atom stereocenters. The van der Waals surface area contributed by atoms with E-state index in [0.29, 0.717) is 22.5 Å². The van der Waals surface area contributed by atoms with E-state index in [2.05, 4.69) is 58.9 Å². The van der Waals surface area contributed by atoms with Crippen molar-refractivity contribution in [2.75, 3.05) is 24.7 Å².